The van der Waals surface area contributed by atoms with Crippen molar-refractivity contribution in [2.45, 2.75) is 37.8 Å². The number of piperidine rings is 1. The molecule has 0 radical (unpaired) electrons. The predicted octanol–water partition coefficient (Wildman–Crippen LogP) is 2.25. The number of nitrogens with zero attached hydrogens (tertiary/aromatic N) is 3. The molecule has 2 aliphatic rings. The molecular formula is C18H23FN4O3. The number of imidazole rings is 1. The Balaban J connectivity index is 1.51. The highest BCUT2D eigenvalue weighted by molar-refractivity contribution is 5.75. The molecule has 2 N–H and O–H groups in total. The lowest BCUT2D eigenvalue weighted by Crippen LogP contribution is -2.52. The van der Waals surface area contributed by atoms with E-state index in [-0.39, 0.29) is 23.1 Å². The van der Waals surface area contributed by atoms with E-state index in [2.05, 4.69) is 16.8 Å². The molecule has 2 fully saturated rings. The van der Waals surface area contributed by atoms with Crippen LogP contribution in [0.5, 0.6) is 0 Å². The molecule has 2 aromatic rings. The Hall–Kier alpha value is -2.35. The third-order valence-corrected chi connectivity index (χ3v) is 6.00. The average molecular weight is 362 g/mol. The summed E-state index contributed by atoms with van der Waals surface area (Å²) in [6, 6.07) is 4.37. The fourth-order valence-electron chi connectivity index (χ4n) is 4.49. The van der Waals surface area contributed by atoms with Crippen molar-refractivity contribution >= 4 is 17.1 Å². The third kappa shape index (κ3) is 2.78. The number of halogens is 1. The number of H-pyrrole nitrogens is 1. The standard InChI is InChI=1S/C18H23FN4O3/c1-18(6-9-21(11-18)17(25)26)22-7-4-13(5-8-22)23-15-10-12(19)2-3-14(15)20-16(23)24/h2-3,10,13H,4-9,11H2,1H3,(H,20,24)(H,25,26). The normalized spacial score (nSPS) is 25.2. The van der Waals surface area contributed by atoms with Crippen molar-refractivity contribution in [2.24, 2.45) is 0 Å². The van der Waals surface area contributed by atoms with Gasteiger partial charge < -0.3 is 15.0 Å². The SMILES string of the molecule is CC1(N2CCC(n3c(=O)[nH]c4ccc(F)cc43)CC2)CCN(C(=O)O)C1. The highest BCUT2D eigenvalue weighted by atomic mass is 19.1. The molecule has 1 amide bonds. The minimum atomic E-state index is -0.865. The van der Waals surface area contributed by atoms with Crippen LogP contribution in [0.3, 0.4) is 0 Å². The molecule has 0 aliphatic carbocycles. The second-order valence-corrected chi connectivity index (χ2v) is 7.63. The second kappa shape index (κ2) is 6.12. The number of rotatable bonds is 2. The van der Waals surface area contributed by atoms with Gasteiger partial charge in [-0.05, 0) is 44.4 Å². The quantitative estimate of drug-likeness (QED) is 0.859. The highest BCUT2D eigenvalue weighted by Crippen LogP contribution is 2.33. The molecule has 7 nitrogen and oxygen atoms in total. The summed E-state index contributed by atoms with van der Waals surface area (Å²) in [5, 5.41) is 9.20. The minimum absolute atomic E-state index is 0.0230. The molecule has 1 aromatic heterocycles. The predicted molar refractivity (Wildman–Crippen MR) is 95.0 cm³/mol. The van der Waals surface area contributed by atoms with E-state index < -0.39 is 6.09 Å². The van der Waals surface area contributed by atoms with Gasteiger partial charge in [0.25, 0.3) is 0 Å². The number of benzene rings is 1. The zero-order valence-electron chi connectivity index (χ0n) is 14.7. The molecule has 0 saturated carbocycles. The molecule has 3 heterocycles. The molecular weight excluding hydrogens is 339 g/mol. The topological polar surface area (TPSA) is 81.6 Å². The monoisotopic (exact) mass is 362 g/mol. The molecule has 1 aromatic carbocycles. The fraction of sp³-hybridized carbons (Fsp3) is 0.556. The van der Waals surface area contributed by atoms with Gasteiger partial charge in [0.15, 0.2) is 0 Å². The van der Waals surface area contributed by atoms with Crippen LogP contribution in [-0.4, -0.2) is 62.3 Å². The van der Waals surface area contributed by atoms with Crippen LogP contribution in [0.25, 0.3) is 11.0 Å². The van der Waals surface area contributed by atoms with E-state index in [0.29, 0.717) is 24.1 Å². The molecule has 140 valence electrons. The average Bonchev–Trinajstić information content (AvgIpc) is 3.16. The van der Waals surface area contributed by atoms with Crippen molar-refractivity contribution in [1.29, 1.82) is 0 Å². The summed E-state index contributed by atoms with van der Waals surface area (Å²) in [7, 11) is 0. The van der Waals surface area contributed by atoms with Gasteiger partial charge in [0, 0.05) is 37.8 Å². The van der Waals surface area contributed by atoms with Crippen molar-refractivity contribution in [3.63, 3.8) is 0 Å². The van der Waals surface area contributed by atoms with Gasteiger partial charge in [0.1, 0.15) is 5.82 Å². The number of amides is 1. The smallest absolute Gasteiger partial charge is 0.407 e. The van der Waals surface area contributed by atoms with Crippen LogP contribution in [0.1, 0.15) is 32.2 Å². The van der Waals surface area contributed by atoms with Crippen LogP contribution in [0.15, 0.2) is 23.0 Å². The molecule has 1 atom stereocenters. The van der Waals surface area contributed by atoms with Gasteiger partial charge in [-0.3, -0.25) is 9.47 Å². The summed E-state index contributed by atoms with van der Waals surface area (Å²) in [5.41, 5.74) is 0.908. The van der Waals surface area contributed by atoms with Crippen molar-refractivity contribution < 1.29 is 14.3 Å². The van der Waals surface area contributed by atoms with Gasteiger partial charge in [-0.25, -0.2) is 14.0 Å². The Morgan fingerprint density at radius 2 is 2.04 bits per heavy atom. The van der Waals surface area contributed by atoms with Crippen molar-refractivity contribution in [1.82, 2.24) is 19.4 Å². The number of aromatic amines is 1. The first-order valence-corrected chi connectivity index (χ1v) is 9.00. The van der Waals surface area contributed by atoms with Gasteiger partial charge in [-0.15, -0.1) is 0 Å². The third-order valence-electron chi connectivity index (χ3n) is 6.00. The Bertz CT molecular complexity index is 899. The van der Waals surface area contributed by atoms with E-state index in [9.17, 15) is 19.1 Å². The molecule has 0 spiro atoms. The lowest BCUT2D eigenvalue weighted by molar-refractivity contribution is 0.0682. The van der Waals surface area contributed by atoms with Gasteiger partial charge in [-0.1, -0.05) is 0 Å². The van der Waals surface area contributed by atoms with E-state index in [1.54, 1.807) is 10.6 Å². The largest absolute Gasteiger partial charge is 0.465 e. The first-order chi connectivity index (χ1) is 12.4. The van der Waals surface area contributed by atoms with Gasteiger partial charge >= 0.3 is 11.8 Å². The Morgan fingerprint density at radius 1 is 1.31 bits per heavy atom. The van der Waals surface area contributed by atoms with Crippen molar-refractivity contribution in [3.8, 4) is 0 Å². The Morgan fingerprint density at radius 3 is 2.69 bits per heavy atom. The maximum atomic E-state index is 13.6. The van der Waals surface area contributed by atoms with Crippen LogP contribution < -0.4 is 5.69 Å². The highest BCUT2D eigenvalue weighted by Gasteiger charge is 2.42. The van der Waals surface area contributed by atoms with Crippen LogP contribution in [0, 0.1) is 5.82 Å². The molecule has 1 unspecified atom stereocenters. The minimum Gasteiger partial charge on any atom is -0.465 e. The molecule has 2 saturated heterocycles. The second-order valence-electron chi connectivity index (χ2n) is 7.63. The zero-order valence-corrected chi connectivity index (χ0v) is 14.7. The number of aromatic nitrogens is 2. The molecule has 8 heteroatoms. The maximum absolute atomic E-state index is 13.6. The van der Waals surface area contributed by atoms with Crippen LogP contribution in [-0.2, 0) is 0 Å². The summed E-state index contributed by atoms with van der Waals surface area (Å²) in [4.78, 5) is 30.2. The maximum Gasteiger partial charge on any atom is 0.407 e. The van der Waals surface area contributed by atoms with E-state index in [1.807, 2.05) is 0 Å². The lowest BCUT2D eigenvalue weighted by atomic mass is 9.94. The van der Waals surface area contributed by atoms with Crippen molar-refractivity contribution in [3.05, 3.63) is 34.5 Å². The summed E-state index contributed by atoms with van der Waals surface area (Å²) >= 11 is 0. The summed E-state index contributed by atoms with van der Waals surface area (Å²) in [5.74, 6) is -0.352. The van der Waals surface area contributed by atoms with Gasteiger partial charge in [0.2, 0.25) is 0 Å². The first kappa shape index (κ1) is 17.1. The molecule has 0 bridgehead atoms. The summed E-state index contributed by atoms with van der Waals surface area (Å²) < 4.78 is 15.3. The number of carboxylic acid groups (broad SMARTS) is 1. The summed E-state index contributed by atoms with van der Waals surface area (Å²) in [6.45, 7) is 4.79. The Kier molecular flexibility index (Phi) is 4.02. The number of nitrogens with one attached hydrogen (secondary N) is 1. The summed E-state index contributed by atoms with van der Waals surface area (Å²) in [6.07, 6.45) is 1.52. The number of carbonyl (C=O) groups is 1. The van der Waals surface area contributed by atoms with E-state index in [4.69, 9.17) is 0 Å². The van der Waals surface area contributed by atoms with Gasteiger partial charge in [-0.2, -0.15) is 0 Å². The molecule has 4 rings (SSSR count). The van der Waals surface area contributed by atoms with Crippen LogP contribution >= 0.6 is 0 Å². The number of hydrogen-bond donors (Lipinski definition) is 2. The van der Waals surface area contributed by atoms with Gasteiger partial charge in [0.05, 0.1) is 11.0 Å². The fourth-order valence-corrected chi connectivity index (χ4v) is 4.49. The van der Waals surface area contributed by atoms with E-state index in [0.717, 1.165) is 32.4 Å². The molecule has 2 aliphatic heterocycles. The zero-order chi connectivity index (χ0) is 18.5. The van der Waals surface area contributed by atoms with Crippen molar-refractivity contribution in [2.75, 3.05) is 26.2 Å². The number of hydrogen-bond acceptors (Lipinski definition) is 3. The lowest BCUT2D eigenvalue weighted by Gasteiger charge is -2.42. The number of likely N-dealkylation sites (tertiary alicyclic amines) is 2. The number of fused-ring (bicyclic) bond motifs is 1. The molecule has 26 heavy (non-hydrogen) atoms. The van der Waals surface area contributed by atoms with Crippen LogP contribution in [0.2, 0.25) is 0 Å². The first-order valence-electron chi connectivity index (χ1n) is 9.00. The Labute approximate surface area is 150 Å². The van der Waals surface area contributed by atoms with Crippen LogP contribution in [0.4, 0.5) is 9.18 Å². The van der Waals surface area contributed by atoms with E-state index >= 15 is 0 Å². The van der Waals surface area contributed by atoms with E-state index in [1.165, 1.54) is 17.0 Å².